The number of phenols is 1. The number of nitrogens with zero attached hydrogens (tertiary/aromatic N) is 3. The van der Waals surface area contributed by atoms with E-state index in [1.165, 1.54) is 13.3 Å². The van der Waals surface area contributed by atoms with Crippen LogP contribution in [0.4, 0.5) is 5.69 Å². The summed E-state index contributed by atoms with van der Waals surface area (Å²) in [5.41, 5.74) is 2.62. The number of fused-ring (bicyclic) bond motifs is 1. The Bertz CT molecular complexity index is 893. The van der Waals surface area contributed by atoms with Crippen LogP contribution in [0.25, 0.3) is 0 Å². The Morgan fingerprint density at radius 3 is 2.80 bits per heavy atom. The van der Waals surface area contributed by atoms with Crippen LogP contribution in [0.15, 0.2) is 51.1 Å². The number of rotatable bonds is 4. The molecule has 1 heterocycles. The number of hydrogen-bond donors (Lipinski definition) is 1. The van der Waals surface area contributed by atoms with Gasteiger partial charge in [-0.25, -0.2) is 0 Å². The van der Waals surface area contributed by atoms with Gasteiger partial charge in [0.25, 0.3) is 5.91 Å². The summed E-state index contributed by atoms with van der Waals surface area (Å²) < 4.78 is 5.59. The molecule has 0 spiro atoms. The molecule has 2 aromatic rings. The van der Waals surface area contributed by atoms with Gasteiger partial charge in [0.05, 0.1) is 23.5 Å². The lowest BCUT2D eigenvalue weighted by atomic mass is 10.1. The quantitative estimate of drug-likeness (QED) is 0.630. The molecule has 6 nitrogen and oxygen atoms in total. The molecule has 1 amide bonds. The Kier molecular flexibility index (Phi) is 4.85. The molecule has 0 bridgehead atoms. The van der Waals surface area contributed by atoms with Crippen molar-refractivity contribution < 1.29 is 14.6 Å². The molecule has 128 valence electrons. The molecule has 0 fully saturated rings. The number of amides is 1. The van der Waals surface area contributed by atoms with Crippen molar-refractivity contribution in [3.63, 3.8) is 0 Å². The van der Waals surface area contributed by atoms with E-state index < -0.39 is 0 Å². The number of carbonyl (C=O) groups excluding carboxylic acids is 1. The van der Waals surface area contributed by atoms with Gasteiger partial charge in [-0.05, 0) is 46.6 Å². The van der Waals surface area contributed by atoms with E-state index in [4.69, 9.17) is 4.74 Å². The van der Waals surface area contributed by atoms with Crippen molar-refractivity contribution in [3.05, 3.63) is 52.0 Å². The van der Waals surface area contributed by atoms with Crippen LogP contribution in [0.5, 0.6) is 11.5 Å². The van der Waals surface area contributed by atoms with Crippen molar-refractivity contribution in [1.29, 1.82) is 0 Å². The number of benzene rings is 2. The van der Waals surface area contributed by atoms with Gasteiger partial charge < -0.3 is 14.7 Å². The highest BCUT2D eigenvalue weighted by atomic mass is 79.9. The van der Waals surface area contributed by atoms with Crippen molar-refractivity contribution in [2.75, 3.05) is 18.6 Å². The summed E-state index contributed by atoms with van der Waals surface area (Å²) in [6, 6.07) is 10.8. The fraction of sp³-hybridized carbons (Fsp3) is 0.167. The van der Waals surface area contributed by atoms with Crippen molar-refractivity contribution >= 4 is 39.5 Å². The molecule has 0 aliphatic carbocycles. The van der Waals surface area contributed by atoms with E-state index in [1.54, 1.807) is 17.0 Å². The minimum atomic E-state index is -0.162. The van der Waals surface area contributed by atoms with E-state index in [2.05, 4.69) is 26.1 Å². The summed E-state index contributed by atoms with van der Waals surface area (Å²) in [7, 11) is 1.47. The summed E-state index contributed by atoms with van der Waals surface area (Å²) in [5.74, 6) is 0.178. The Labute approximate surface area is 153 Å². The van der Waals surface area contributed by atoms with Crippen LogP contribution in [0, 0.1) is 0 Å². The minimum absolute atomic E-state index is 0.0180. The number of para-hydroxylation sites is 1. The minimum Gasteiger partial charge on any atom is -0.503 e. The molecule has 3 rings (SSSR count). The predicted octanol–water partition coefficient (Wildman–Crippen LogP) is 3.35. The SMILES string of the molecule is CCN1C(=O)/C(=N/N=C/c2cc(Br)c(O)c(OC)c2)c2ccccc21. The molecular formula is C18H16BrN3O3. The largest absolute Gasteiger partial charge is 0.503 e. The third-order valence-electron chi connectivity index (χ3n) is 3.85. The van der Waals surface area contributed by atoms with Gasteiger partial charge in [-0.2, -0.15) is 5.10 Å². The molecule has 0 saturated carbocycles. The summed E-state index contributed by atoms with van der Waals surface area (Å²) in [6.45, 7) is 2.49. The summed E-state index contributed by atoms with van der Waals surface area (Å²) in [6.07, 6.45) is 1.50. The lowest BCUT2D eigenvalue weighted by molar-refractivity contribution is -0.112. The van der Waals surface area contributed by atoms with Crippen molar-refractivity contribution in [2.24, 2.45) is 10.2 Å². The third kappa shape index (κ3) is 3.15. The van der Waals surface area contributed by atoms with Gasteiger partial charge >= 0.3 is 0 Å². The van der Waals surface area contributed by atoms with Crippen LogP contribution in [0.3, 0.4) is 0 Å². The number of carbonyl (C=O) groups is 1. The molecule has 25 heavy (non-hydrogen) atoms. The Hall–Kier alpha value is -2.67. The monoisotopic (exact) mass is 401 g/mol. The second-order valence-electron chi connectivity index (χ2n) is 5.31. The summed E-state index contributed by atoms with van der Waals surface area (Å²) in [4.78, 5) is 14.2. The normalized spacial score (nSPS) is 15.2. The van der Waals surface area contributed by atoms with Crippen molar-refractivity contribution in [3.8, 4) is 11.5 Å². The summed E-state index contributed by atoms with van der Waals surface area (Å²) in [5, 5.41) is 18.0. The van der Waals surface area contributed by atoms with E-state index in [9.17, 15) is 9.90 Å². The van der Waals surface area contributed by atoms with Crippen molar-refractivity contribution in [2.45, 2.75) is 6.92 Å². The Morgan fingerprint density at radius 2 is 2.08 bits per heavy atom. The van der Waals surface area contributed by atoms with Crippen LogP contribution >= 0.6 is 15.9 Å². The molecular weight excluding hydrogens is 386 g/mol. The van der Waals surface area contributed by atoms with Gasteiger partial charge in [0.2, 0.25) is 0 Å². The van der Waals surface area contributed by atoms with Crippen LogP contribution in [0.2, 0.25) is 0 Å². The third-order valence-corrected chi connectivity index (χ3v) is 4.45. The van der Waals surface area contributed by atoms with Gasteiger partial charge in [-0.1, -0.05) is 18.2 Å². The van der Waals surface area contributed by atoms with Gasteiger partial charge in [0, 0.05) is 12.1 Å². The van der Waals surface area contributed by atoms with Crippen LogP contribution in [-0.2, 0) is 4.79 Å². The fourth-order valence-electron chi connectivity index (χ4n) is 2.65. The smallest absolute Gasteiger partial charge is 0.279 e. The zero-order valence-electron chi connectivity index (χ0n) is 13.7. The number of ether oxygens (including phenoxy) is 1. The number of methoxy groups -OCH3 is 1. The molecule has 7 heteroatoms. The first-order valence-corrected chi connectivity index (χ1v) is 8.45. The fourth-order valence-corrected chi connectivity index (χ4v) is 3.11. The first-order valence-electron chi connectivity index (χ1n) is 7.65. The van der Waals surface area contributed by atoms with E-state index >= 15 is 0 Å². The molecule has 2 aromatic carbocycles. The lowest BCUT2D eigenvalue weighted by Gasteiger charge is -2.12. The lowest BCUT2D eigenvalue weighted by Crippen LogP contribution is -2.29. The maximum atomic E-state index is 12.5. The molecule has 0 radical (unpaired) electrons. The second-order valence-corrected chi connectivity index (χ2v) is 6.17. The topological polar surface area (TPSA) is 74.5 Å². The first-order chi connectivity index (χ1) is 12.1. The number of halogens is 1. The predicted molar refractivity (Wildman–Crippen MR) is 101 cm³/mol. The van der Waals surface area contributed by atoms with Crippen LogP contribution in [0.1, 0.15) is 18.1 Å². The van der Waals surface area contributed by atoms with Crippen molar-refractivity contribution in [1.82, 2.24) is 0 Å². The molecule has 1 N–H and O–H groups in total. The molecule has 0 atom stereocenters. The maximum Gasteiger partial charge on any atom is 0.279 e. The van der Waals surface area contributed by atoms with E-state index in [-0.39, 0.29) is 11.7 Å². The van der Waals surface area contributed by atoms with Gasteiger partial charge in [0.15, 0.2) is 17.2 Å². The molecule has 1 aliphatic rings. The molecule has 1 aliphatic heterocycles. The standard InChI is InChI=1S/C18H16BrN3O3/c1-3-22-14-7-5-4-6-12(14)16(18(22)24)21-20-10-11-8-13(19)17(23)15(9-11)25-2/h4-10,23H,3H2,1-2H3/b20-10+,21-16+. The first kappa shape index (κ1) is 17.2. The number of likely N-dealkylation sites (N-methyl/N-ethyl adjacent to an activating group) is 1. The highest BCUT2D eigenvalue weighted by molar-refractivity contribution is 9.10. The zero-order chi connectivity index (χ0) is 18.0. The number of anilines is 1. The van der Waals surface area contributed by atoms with Gasteiger partial charge in [-0.15, -0.1) is 5.10 Å². The van der Waals surface area contributed by atoms with Gasteiger partial charge in [-0.3, -0.25) is 4.79 Å². The Balaban J connectivity index is 1.93. The van der Waals surface area contributed by atoms with Crippen LogP contribution in [-0.4, -0.2) is 36.6 Å². The average Bonchev–Trinajstić information content (AvgIpc) is 2.89. The highest BCUT2D eigenvalue weighted by Gasteiger charge is 2.32. The van der Waals surface area contributed by atoms with E-state index in [1.807, 2.05) is 31.2 Å². The summed E-state index contributed by atoms with van der Waals surface area (Å²) >= 11 is 3.26. The second kappa shape index (κ2) is 7.06. The maximum absolute atomic E-state index is 12.5. The van der Waals surface area contributed by atoms with E-state index in [0.29, 0.717) is 28.0 Å². The highest BCUT2D eigenvalue weighted by Crippen LogP contribution is 2.34. The van der Waals surface area contributed by atoms with Crippen LogP contribution < -0.4 is 9.64 Å². The van der Waals surface area contributed by atoms with E-state index in [0.717, 1.165) is 11.3 Å². The number of aromatic hydroxyl groups is 1. The number of hydrogen-bond acceptors (Lipinski definition) is 5. The number of phenolic OH excluding ortho intramolecular Hbond substituents is 1. The molecule has 0 aromatic heterocycles. The zero-order valence-corrected chi connectivity index (χ0v) is 15.3. The molecule has 0 saturated heterocycles. The Morgan fingerprint density at radius 1 is 1.32 bits per heavy atom. The van der Waals surface area contributed by atoms with Gasteiger partial charge in [0.1, 0.15) is 0 Å². The molecule has 0 unspecified atom stereocenters. The average molecular weight is 402 g/mol.